The first-order valence-corrected chi connectivity index (χ1v) is 12.7. The Morgan fingerprint density at radius 2 is 1.73 bits per heavy atom. The van der Waals surface area contributed by atoms with E-state index in [4.69, 9.17) is 11.5 Å². The maximum atomic E-state index is 14.0. The van der Waals surface area contributed by atoms with Crippen LogP contribution in [0.1, 0.15) is 37.8 Å². The van der Waals surface area contributed by atoms with Crippen LogP contribution in [0.15, 0.2) is 29.0 Å². The summed E-state index contributed by atoms with van der Waals surface area (Å²) in [7, 11) is 2.87. The topological polar surface area (TPSA) is 237 Å². The molecule has 1 fully saturated rings. The summed E-state index contributed by atoms with van der Waals surface area (Å²) >= 11 is 0. The maximum absolute atomic E-state index is 14.0. The summed E-state index contributed by atoms with van der Waals surface area (Å²) in [5, 5.41) is 59.2. The lowest BCUT2D eigenvalue weighted by Gasteiger charge is -2.53. The Morgan fingerprint density at radius 1 is 1.12 bits per heavy atom. The van der Waals surface area contributed by atoms with Crippen LogP contribution in [0.4, 0.5) is 5.69 Å². The Labute approximate surface area is 229 Å². The van der Waals surface area contributed by atoms with E-state index in [-0.39, 0.29) is 17.2 Å². The van der Waals surface area contributed by atoms with E-state index in [0.29, 0.717) is 5.56 Å². The Balaban J connectivity index is 1.95. The van der Waals surface area contributed by atoms with Gasteiger partial charge in [0.05, 0.1) is 35.4 Å². The molecule has 0 radical (unpaired) electrons. The molecule has 13 heteroatoms. The number of hydrogen-bond donors (Lipinski definition) is 8. The quantitative estimate of drug-likeness (QED) is 0.168. The van der Waals surface area contributed by atoms with E-state index in [2.05, 4.69) is 5.32 Å². The van der Waals surface area contributed by atoms with Gasteiger partial charge in [0, 0.05) is 11.5 Å². The van der Waals surface area contributed by atoms with Crippen LogP contribution in [0.3, 0.4) is 0 Å². The molecular weight excluding hydrogens is 524 g/mol. The van der Waals surface area contributed by atoms with Gasteiger partial charge in [0.2, 0.25) is 11.7 Å². The zero-order chi connectivity index (χ0) is 30.2. The van der Waals surface area contributed by atoms with Gasteiger partial charge in [0.1, 0.15) is 22.8 Å². The number of aliphatic hydroxyl groups is 4. The molecule has 1 aromatic carbocycles. The van der Waals surface area contributed by atoms with Crippen molar-refractivity contribution in [1.29, 1.82) is 0 Å². The highest BCUT2D eigenvalue weighted by atomic mass is 16.4. The van der Waals surface area contributed by atoms with Gasteiger partial charge in [-0.05, 0) is 37.6 Å². The van der Waals surface area contributed by atoms with Crippen LogP contribution < -0.4 is 16.8 Å². The Hall–Kier alpha value is -3.78. The number of Topliss-reactive ketones (excluding diaryl/α,β-unsaturated/α-hetero) is 2. The van der Waals surface area contributed by atoms with Crippen LogP contribution >= 0.6 is 0 Å². The summed E-state index contributed by atoms with van der Waals surface area (Å²) < 4.78 is 0. The normalized spacial score (nSPS) is 30.7. The third kappa shape index (κ3) is 3.84. The van der Waals surface area contributed by atoms with Crippen molar-refractivity contribution in [3.05, 3.63) is 40.2 Å². The van der Waals surface area contributed by atoms with Crippen molar-refractivity contribution in [2.24, 2.45) is 29.2 Å². The van der Waals surface area contributed by atoms with Crippen LogP contribution in [0.5, 0.6) is 5.75 Å². The van der Waals surface area contributed by atoms with E-state index in [0.717, 1.165) is 0 Å². The van der Waals surface area contributed by atoms with Gasteiger partial charge >= 0.3 is 0 Å². The number of rotatable bonds is 5. The minimum absolute atomic E-state index is 0.104. The maximum Gasteiger partial charge on any atom is 0.255 e. The number of amides is 2. The SMILES string of the molecule is CC(C)[C@H](N)C(=O)Nc1ccc2c(c1O)C(O)=C1C(=O)[C@]3(O)C(O)=C(C(N)=O)C(=O)[C@@H](N(C)C)[C@@H]3[C@@H](O)[C@@H]1[C@H]2C. The summed E-state index contributed by atoms with van der Waals surface area (Å²) in [5.41, 5.74) is 6.66. The molecule has 0 unspecified atom stereocenters. The monoisotopic (exact) mass is 558 g/mol. The zero-order valence-electron chi connectivity index (χ0n) is 22.7. The molecule has 3 aliphatic rings. The molecule has 0 bridgehead atoms. The third-order valence-electron chi connectivity index (χ3n) is 8.41. The average Bonchev–Trinajstić information content (AvgIpc) is 2.86. The molecule has 2 amide bonds. The van der Waals surface area contributed by atoms with Crippen LogP contribution in [0.2, 0.25) is 0 Å². The van der Waals surface area contributed by atoms with E-state index < -0.39 is 93.3 Å². The number of hydrogen-bond acceptors (Lipinski definition) is 11. The van der Waals surface area contributed by atoms with Crippen molar-refractivity contribution in [2.75, 3.05) is 19.4 Å². The van der Waals surface area contributed by atoms with Crippen LogP contribution in [0, 0.1) is 17.8 Å². The van der Waals surface area contributed by atoms with Crippen molar-refractivity contribution in [2.45, 2.75) is 50.5 Å². The van der Waals surface area contributed by atoms with Gasteiger partial charge in [-0.2, -0.15) is 0 Å². The molecule has 1 aromatic rings. The number of fused-ring (bicyclic) bond motifs is 3. The lowest BCUT2D eigenvalue weighted by molar-refractivity contribution is -0.169. The Bertz CT molecular complexity index is 1400. The molecule has 10 N–H and O–H groups in total. The van der Waals surface area contributed by atoms with Crippen LogP contribution in [-0.4, -0.2) is 91.7 Å². The van der Waals surface area contributed by atoms with Gasteiger partial charge in [0.15, 0.2) is 11.4 Å². The highest BCUT2D eigenvalue weighted by molar-refractivity contribution is 6.24. The minimum Gasteiger partial charge on any atom is -0.508 e. The van der Waals surface area contributed by atoms with E-state index in [9.17, 15) is 44.7 Å². The summed E-state index contributed by atoms with van der Waals surface area (Å²) in [4.78, 5) is 53.1. The first-order chi connectivity index (χ1) is 18.5. The first-order valence-electron chi connectivity index (χ1n) is 12.7. The number of ketones is 2. The standard InChI is InChI=1S/C27H34N4O9/c1-8(2)17(28)26(39)30-11-7-6-10-9(3)12-14(20(33)13(10)19(11)32)23(36)27(40)16(21(12)34)18(31(4)5)22(35)15(24(27)37)25(29)38/h6-9,12,16-18,21,32-34,37,40H,28H2,1-5H3,(H2,29,38)(H,30,39)/t9-,12+,16+,17-,18-,21-,27-/m0/s1. The summed E-state index contributed by atoms with van der Waals surface area (Å²) in [6, 6.07) is 0.552. The van der Waals surface area contributed by atoms with Gasteiger partial charge in [-0.3, -0.25) is 24.1 Å². The summed E-state index contributed by atoms with van der Waals surface area (Å²) in [5.74, 6) is -10.7. The smallest absolute Gasteiger partial charge is 0.255 e. The molecule has 0 heterocycles. The number of aromatic hydroxyl groups is 1. The molecule has 0 aromatic heterocycles. The zero-order valence-corrected chi connectivity index (χ0v) is 22.7. The van der Waals surface area contributed by atoms with Crippen LogP contribution in [0.25, 0.3) is 5.76 Å². The molecule has 13 nitrogen and oxygen atoms in total. The molecule has 40 heavy (non-hydrogen) atoms. The van der Waals surface area contributed by atoms with Crippen molar-refractivity contribution in [1.82, 2.24) is 4.90 Å². The third-order valence-corrected chi connectivity index (χ3v) is 8.41. The number of carbonyl (C=O) groups is 4. The minimum atomic E-state index is -3.00. The van der Waals surface area contributed by atoms with Gasteiger partial charge in [0.25, 0.3) is 5.91 Å². The number of carbonyl (C=O) groups excluding carboxylic acids is 4. The molecule has 0 spiro atoms. The van der Waals surface area contributed by atoms with E-state index in [1.54, 1.807) is 20.8 Å². The van der Waals surface area contributed by atoms with Crippen LogP contribution in [-0.2, 0) is 19.2 Å². The lowest BCUT2D eigenvalue weighted by Crippen LogP contribution is -2.70. The van der Waals surface area contributed by atoms with Crippen molar-refractivity contribution in [3.8, 4) is 5.75 Å². The number of benzene rings is 1. The van der Waals surface area contributed by atoms with Crippen molar-refractivity contribution in [3.63, 3.8) is 0 Å². The second kappa shape index (κ2) is 9.70. The number of nitrogens with one attached hydrogen (secondary N) is 1. The number of primary amides is 1. The number of aliphatic hydroxyl groups excluding tert-OH is 3. The van der Waals surface area contributed by atoms with Crippen molar-refractivity contribution < 1.29 is 44.7 Å². The number of anilines is 1. The Kier molecular flexibility index (Phi) is 7.08. The predicted molar refractivity (Wildman–Crippen MR) is 142 cm³/mol. The molecule has 7 atom stereocenters. The molecule has 4 rings (SSSR count). The number of phenols is 1. The molecule has 3 aliphatic carbocycles. The molecule has 0 saturated heterocycles. The lowest BCUT2D eigenvalue weighted by atomic mass is 9.54. The summed E-state index contributed by atoms with van der Waals surface area (Å²) in [6.07, 6.45) is -1.69. The van der Waals surface area contributed by atoms with E-state index in [1.807, 2.05) is 0 Å². The van der Waals surface area contributed by atoms with Gasteiger partial charge < -0.3 is 42.3 Å². The molecule has 216 valence electrons. The van der Waals surface area contributed by atoms with E-state index in [1.165, 1.54) is 31.1 Å². The Morgan fingerprint density at radius 3 is 2.25 bits per heavy atom. The number of likely N-dealkylation sites (N-methyl/N-ethyl adjacent to an activating group) is 1. The fourth-order valence-electron chi connectivity index (χ4n) is 6.24. The summed E-state index contributed by atoms with van der Waals surface area (Å²) in [6.45, 7) is 5.09. The van der Waals surface area contributed by atoms with Crippen molar-refractivity contribution >= 4 is 34.8 Å². The molecule has 1 saturated carbocycles. The number of phenolic OH excluding ortho intramolecular Hbond substituents is 1. The van der Waals surface area contributed by atoms with Gasteiger partial charge in [-0.1, -0.05) is 26.8 Å². The number of nitrogens with zero attached hydrogens (tertiary/aromatic N) is 1. The number of nitrogens with two attached hydrogens (primary N) is 2. The average molecular weight is 559 g/mol. The van der Waals surface area contributed by atoms with E-state index >= 15 is 0 Å². The fraction of sp³-hybridized carbons (Fsp3) is 0.481. The van der Waals surface area contributed by atoms with Gasteiger partial charge in [-0.25, -0.2) is 0 Å². The second-order valence-corrected chi connectivity index (χ2v) is 11.2. The fourth-order valence-corrected chi connectivity index (χ4v) is 6.24. The second-order valence-electron chi connectivity index (χ2n) is 11.2. The van der Waals surface area contributed by atoms with Gasteiger partial charge in [-0.15, -0.1) is 0 Å². The molecular formula is C27H34N4O9. The largest absolute Gasteiger partial charge is 0.508 e. The predicted octanol–water partition coefficient (Wildman–Crippen LogP) is -0.582. The molecule has 0 aliphatic heterocycles. The highest BCUT2D eigenvalue weighted by Gasteiger charge is 2.68. The first kappa shape index (κ1) is 29.2. The highest BCUT2D eigenvalue weighted by Crippen LogP contribution is 2.56.